The average molecular weight is 406 g/mol. The van der Waals surface area contributed by atoms with Crippen LogP contribution in [-0.4, -0.2) is 18.5 Å². The van der Waals surface area contributed by atoms with Crippen LogP contribution in [0.2, 0.25) is 0 Å². The zero-order valence-corrected chi connectivity index (χ0v) is 17.2. The Labute approximate surface area is 174 Å². The molecule has 0 bridgehead atoms. The monoisotopic (exact) mass is 405 g/mol. The first-order valence-electron chi connectivity index (χ1n) is 9.48. The van der Waals surface area contributed by atoms with Crippen molar-refractivity contribution in [3.63, 3.8) is 0 Å². The third kappa shape index (κ3) is 5.42. The Kier molecular flexibility index (Phi) is 6.98. The molecule has 0 spiro atoms. The van der Waals surface area contributed by atoms with Gasteiger partial charge in [-0.2, -0.15) is 0 Å². The van der Waals surface area contributed by atoms with Crippen molar-refractivity contribution >= 4 is 34.3 Å². The minimum atomic E-state index is -0.433. The van der Waals surface area contributed by atoms with Crippen LogP contribution in [0.1, 0.15) is 46.1 Å². The van der Waals surface area contributed by atoms with Crippen molar-refractivity contribution in [3.05, 3.63) is 94.4 Å². The number of carbonyl (C=O) groups is 2. The number of nitrogens with one attached hydrogen (secondary N) is 1. The summed E-state index contributed by atoms with van der Waals surface area (Å²) in [6.45, 7) is 4.12. The summed E-state index contributed by atoms with van der Waals surface area (Å²) in [5.41, 5.74) is 2.46. The standard InChI is InChI=1S/C24H23NO3S/c1-3-28-24(27)20-16-21(17(2)19-12-8-5-9-13-19)29-23(20)25-22(26)15-14-18-10-6-4-7-11-18/h4-17H,3H2,1-2H3,(H,25,26)/b15-14+. The molecule has 0 aliphatic carbocycles. The number of thiophene rings is 1. The lowest BCUT2D eigenvalue weighted by Crippen LogP contribution is -2.11. The van der Waals surface area contributed by atoms with Gasteiger partial charge < -0.3 is 10.1 Å². The summed E-state index contributed by atoms with van der Waals surface area (Å²) >= 11 is 1.40. The first-order valence-corrected chi connectivity index (χ1v) is 10.3. The predicted molar refractivity (Wildman–Crippen MR) is 118 cm³/mol. The third-order valence-corrected chi connectivity index (χ3v) is 5.67. The lowest BCUT2D eigenvalue weighted by atomic mass is 9.99. The number of ether oxygens (including phenoxy) is 1. The highest BCUT2D eigenvalue weighted by Gasteiger charge is 2.21. The Morgan fingerprint density at radius 1 is 1.07 bits per heavy atom. The zero-order valence-electron chi connectivity index (χ0n) is 16.4. The second-order valence-electron chi connectivity index (χ2n) is 6.48. The SMILES string of the molecule is CCOC(=O)c1cc(C(C)c2ccccc2)sc1NC(=O)/C=C/c1ccccc1. The normalized spacial score (nSPS) is 11.9. The van der Waals surface area contributed by atoms with Gasteiger partial charge in [-0.1, -0.05) is 67.6 Å². The molecule has 4 nitrogen and oxygen atoms in total. The number of anilines is 1. The molecule has 0 saturated heterocycles. The number of esters is 1. The molecule has 1 heterocycles. The van der Waals surface area contributed by atoms with Gasteiger partial charge in [0.15, 0.2) is 0 Å². The Balaban J connectivity index is 1.84. The minimum Gasteiger partial charge on any atom is -0.462 e. The molecule has 3 aromatic rings. The van der Waals surface area contributed by atoms with E-state index in [0.717, 1.165) is 16.0 Å². The van der Waals surface area contributed by atoms with E-state index in [4.69, 9.17) is 4.74 Å². The fourth-order valence-corrected chi connectivity index (χ4v) is 4.00. The Morgan fingerprint density at radius 3 is 2.38 bits per heavy atom. The molecule has 5 heteroatoms. The van der Waals surface area contributed by atoms with Crippen LogP contribution in [0.5, 0.6) is 0 Å². The first-order chi connectivity index (χ1) is 14.1. The second kappa shape index (κ2) is 9.85. The Bertz CT molecular complexity index is 993. The summed E-state index contributed by atoms with van der Waals surface area (Å²) in [5.74, 6) is -0.627. The molecule has 2 aromatic carbocycles. The molecule has 1 atom stereocenters. The molecule has 3 rings (SSSR count). The highest BCUT2D eigenvalue weighted by molar-refractivity contribution is 7.16. The number of hydrogen-bond donors (Lipinski definition) is 1. The molecule has 1 aromatic heterocycles. The Morgan fingerprint density at radius 2 is 1.72 bits per heavy atom. The van der Waals surface area contributed by atoms with Crippen molar-refractivity contribution < 1.29 is 14.3 Å². The maximum atomic E-state index is 12.4. The molecule has 1 N–H and O–H groups in total. The van der Waals surface area contributed by atoms with Gasteiger partial charge in [-0.05, 0) is 30.2 Å². The van der Waals surface area contributed by atoms with Crippen molar-refractivity contribution in [1.29, 1.82) is 0 Å². The van der Waals surface area contributed by atoms with E-state index in [-0.39, 0.29) is 18.4 Å². The maximum absolute atomic E-state index is 12.4. The molecule has 0 radical (unpaired) electrons. The lowest BCUT2D eigenvalue weighted by Gasteiger charge is -2.08. The molecule has 148 valence electrons. The van der Waals surface area contributed by atoms with Crippen molar-refractivity contribution in [2.24, 2.45) is 0 Å². The number of benzene rings is 2. The van der Waals surface area contributed by atoms with Crippen LogP contribution in [0.3, 0.4) is 0 Å². The van der Waals surface area contributed by atoms with Gasteiger partial charge in [0.25, 0.3) is 0 Å². The highest BCUT2D eigenvalue weighted by Crippen LogP contribution is 2.36. The van der Waals surface area contributed by atoms with Gasteiger partial charge in [0.2, 0.25) is 5.91 Å². The topological polar surface area (TPSA) is 55.4 Å². The summed E-state index contributed by atoms with van der Waals surface area (Å²) in [6, 6.07) is 21.4. The van der Waals surface area contributed by atoms with E-state index in [1.807, 2.05) is 54.6 Å². The van der Waals surface area contributed by atoms with Crippen molar-refractivity contribution in [2.45, 2.75) is 19.8 Å². The minimum absolute atomic E-state index is 0.0971. The summed E-state index contributed by atoms with van der Waals surface area (Å²) in [7, 11) is 0. The van der Waals surface area contributed by atoms with Crippen LogP contribution < -0.4 is 5.32 Å². The Hall–Kier alpha value is -3.18. The molecule has 1 amide bonds. The molecule has 29 heavy (non-hydrogen) atoms. The van der Waals surface area contributed by atoms with Crippen molar-refractivity contribution in [1.82, 2.24) is 0 Å². The second-order valence-corrected chi connectivity index (χ2v) is 7.56. The van der Waals surface area contributed by atoms with Crippen molar-refractivity contribution in [3.8, 4) is 0 Å². The lowest BCUT2D eigenvalue weighted by molar-refractivity contribution is -0.111. The zero-order chi connectivity index (χ0) is 20.6. The van der Waals surface area contributed by atoms with E-state index in [0.29, 0.717) is 10.6 Å². The fraction of sp³-hybridized carbons (Fsp3) is 0.167. The quantitative estimate of drug-likeness (QED) is 0.403. The molecule has 0 fully saturated rings. The first kappa shape index (κ1) is 20.6. The van der Waals surface area contributed by atoms with Gasteiger partial charge in [0.05, 0.1) is 12.2 Å². The van der Waals surface area contributed by atoms with E-state index in [9.17, 15) is 9.59 Å². The number of hydrogen-bond acceptors (Lipinski definition) is 4. The molecule has 0 saturated carbocycles. The number of rotatable bonds is 7. The van der Waals surface area contributed by atoms with E-state index < -0.39 is 5.97 Å². The summed E-state index contributed by atoms with van der Waals surface area (Å²) in [5, 5.41) is 3.34. The molecule has 0 aliphatic heterocycles. The summed E-state index contributed by atoms with van der Waals surface area (Å²) in [4.78, 5) is 25.8. The molecular weight excluding hydrogens is 382 g/mol. The van der Waals surface area contributed by atoms with Gasteiger partial charge in [-0.25, -0.2) is 4.79 Å². The summed E-state index contributed by atoms with van der Waals surface area (Å²) < 4.78 is 5.18. The van der Waals surface area contributed by atoms with E-state index in [2.05, 4.69) is 24.4 Å². The number of carbonyl (C=O) groups excluding carboxylic acids is 2. The van der Waals surface area contributed by atoms with Gasteiger partial charge in [0, 0.05) is 16.9 Å². The maximum Gasteiger partial charge on any atom is 0.341 e. The van der Waals surface area contributed by atoms with Gasteiger partial charge in [0.1, 0.15) is 5.00 Å². The van der Waals surface area contributed by atoms with Crippen LogP contribution in [0.4, 0.5) is 5.00 Å². The molecular formula is C24H23NO3S. The largest absolute Gasteiger partial charge is 0.462 e. The van der Waals surface area contributed by atoms with Crippen LogP contribution >= 0.6 is 11.3 Å². The predicted octanol–water partition coefficient (Wildman–Crippen LogP) is 5.73. The van der Waals surface area contributed by atoms with Gasteiger partial charge >= 0.3 is 5.97 Å². The molecule has 0 aliphatic rings. The highest BCUT2D eigenvalue weighted by atomic mass is 32.1. The third-order valence-electron chi connectivity index (χ3n) is 4.44. The smallest absolute Gasteiger partial charge is 0.341 e. The fourth-order valence-electron chi connectivity index (χ4n) is 2.87. The van der Waals surface area contributed by atoms with Crippen LogP contribution in [0.15, 0.2) is 72.8 Å². The number of amides is 1. The van der Waals surface area contributed by atoms with Gasteiger partial charge in [-0.15, -0.1) is 11.3 Å². The van der Waals surface area contributed by atoms with E-state index >= 15 is 0 Å². The van der Waals surface area contributed by atoms with E-state index in [1.165, 1.54) is 17.4 Å². The average Bonchev–Trinajstić information content (AvgIpc) is 3.17. The van der Waals surface area contributed by atoms with Gasteiger partial charge in [-0.3, -0.25) is 4.79 Å². The van der Waals surface area contributed by atoms with Crippen LogP contribution in [0, 0.1) is 0 Å². The van der Waals surface area contributed by atoms with Crippen LogP contribution in [-0.2, 0) is 9.53 Å². The van der Waals surface area contributed by atoms with Crippen LogP contribution in [0.25, 0.3) is 6.08 Å². The van der Waals surface area contributed by atoms with E-state index in [1.54, 1.807) is 13.0 Å². The molecule has 1 unspecified atom stereocenters. The summed E-state index contributed by atoms with van der Waals surface area (Å²) in [6.07, 6.45) is 3.20. The van der Waals surface area contributed by atoms with Crippen molar-refractivity contribution in [2.75, 3.05) is 11.9 Å².